The molecule has 2 saturated heterocycles. The normalized spacial score (nSPS) is 25.0. The summed E-state index contributed by atoms with van der Waals surface area (Å²) in [6, 6.07) is 6.63. The highest BCUT2D eigenvalue weighted by Crippen LogP contribution is 2.22. The van der Waals surface area contributed by atoms with Crippen molar-refractivity contribution in [3.05, 3.63) is 29.8 Å². The van der Waals surface area contributed by atoms with Gasteiger partial charge in [-0.05, 0) is 17.7 Å². The summed E-state index contributed by atoms with van der Waals surface area (Å²) in [5.41, 5.74) is 1.11. The molecule has 0 aromatic heterocycles. The Kier molecular flexibility index (Phi) is 4.73. The number of fused-ring (bicyclic) bond motifs is 1. The molecule has 0 radical (unpaired) electrons. The van der Waals surface area contributed by atoms with Crippen LogP contribution in [0.15, 0.2) is 24.3 Å². The Hall–Kier alpha value is -2.12. The predicted molar refractivity (Wildman–Crippen MR) is 87.4 cm³/mol. The minimum absolute atomic E-state index is 0.107. The Labute approximate surface area is 141 Å². The van der Waals surface area contributed by atoms with Gasteiger partial charge in [0.15, 0.2) is 0 Å². The average Bonchev–Trinajstić information content (AvgIpc) is 2.60. The molecule has 0 spiro atoms. The number of methoxy groups -OCH3 is 1. The van der Waals surface area contributed by atoms with Crippen molar-refractivity contribution < 1.29 is 19.4 Å². The van der Waals surface area contributed by atoms with Gasteiger partial charge in [0.05, 0.1) is 13.7 Å². The van der Waals surface area contributed by atoms with E-state index < -0.39 is 12.1 Å². The van der Waals surface area contributed by atoms with Crippen molar-refractivity contribution in [2.45, 2.75) is 18.6 Å². The van der Waals surface area contributed by atoms with Crippen molar-refractivity contribution in [1.82, 2.24) is 14.7 Å². The summed E-state index contributed by atoms with van der Waals surface area (Å²) < 4.78 is 5.24. The molecule has 0 aliphatic carbocycles. The largest absolute Gasteiger partial charge is 0.497 e. The highest BCUT2D eigenvalue weighted by atomic mass is 16.5. The molecule has 24 heavy (non-hydrogen) atoms. The zero-order chi connectivity index (χ0) is 17.3. The van der Waals surface area contributed by atoms with Gasteiger partial charge in [0.25, 0.3) is 0 Å². The van der Waals surface area contributed by atoms with Gasteiger partial charge >= 0.3 is 0 Å². The third-order valence-electron chi connectivity index (χ3n) is 4.85. The number of rotatable bonds is 4. The first-order chi connectivity index (χ1) is 11.5. The number of carbonyl (C=O) groups is 2. The number of amides is 2. The van der Waals surface area contributed by atoms with Crippen LogP contribution in [0.25, 0.3) is 0 Å². The van der Waals surface area contributed by atoms with Crippen molar-refractivity contribution in [2.75, 3.05) is 40.4 Å². The average molecular weight is 333 g/mol. The van der Waals surface area contributed by atoms with Crippen molar-refractivity contribution in [3.8, 4) is 5.75 Å². The summed E-state index contributed by atoms with van der Waals surface area (Å²) in [6.45, 7) is 2.08. The van der Waals surface area contributed by atoms with Crippen LogP contribution in [-0.4, -0.2) is 84.1 Å². The fourth-order valence-corrected chi connectivity index (χ4v) is 3.43. The molecule has 3 rings (SSSR count). The van der Waals surface area contributed by atoms with Crippen LogP contribution in [0.2, 0.25) is 0 Å². The van der Waals surface area contributed by atoms with Crippen LogP contribution in [0.5, 0.6) is 5.75 Å². The molecule has 1 aromatic carbocycles. The van der Waals surface area contributed by atoms with Crippen LogP contribution in [0.1, 0.15) is 5.56 Å². The molecule has 2 aliphatic heterocycles. The maximum Gasteiger partial charge on any atom is 0.248 e. The molecule has 1 N–H and O–H groups in total. The van der Waals surface area contributed by atoms with Gasteiger partial charge in [0.2, 0.25) is 11.8 Å². The SMILES string of the molecule is COc1cccc(CN2CCN3C(=O)[C@H](CO)N(C)C(=O)[C@H]3C2)c1. The number of ether oxygens (including phenoxy) is 1. The summed E-state index contributed by atoms with van der Waals surface area (Å²) in [5, 5.41) is 9.37. The molecule has 2 aliphatic rings. The molecule has 7 nitrogen and oxygen atoms in total. The molecular formula is C17H23N3O4. The fourth-order valence-electron chi connectivity index (χ4n) is 3.43. The summed E-state index contributed by atoms with van der Waals surface area (Å²) in [5.74, 6) is 0.537. The van der Waals surface area contributed by atoms with E-state index in [4.69, 9.17) is 4.74 Å². The van der Waals surface area contributed by atoms with Crippen LogP contribution in [0.4, 0.5) is 0 Å². The molecule has 0 unspecified atom stereocenters. The van der Waals surface area contributed by atoms with E-state index >= 15 is 0 Å². The first-order valence-electron chi connectivity index (χ1n) is 8.08. The Morgan fingerprint density at radius 2 is 2.04 bits per heavy atom. The van der Waals surface area contributed by atoms with Gasteiger partial charge in [-0.3, -0.25) is 14.5 Å². The third kappa shape index (κ3) is 2.97. The van der Waals surface area contributed by atoms with Crippen molar-refractivity contribution in [3.63, 3.8) is 0 Å². The van der Waals surface area contributed by atoms with Crippen LogP contribution >= 0.6 is 0 Å². The lowest BCUT2D eigenvalue weighted by atomic mass is 10.0. The van der Waals surface area contributed by atoms with Gasteiger partial charge in [-0.25, -0.2) is 0 Å². The fraction of sp³-hybridized carbons (Fsp3) is 0.529. The number of hydrogen-bond acceptors (Lipinski definition) is 5. The van der Waals surface area contributed by atoms with Gasteiger partial charge in [-0.1, -0.05) is 12.1 Å². The van der Waals surface area contributed by atoms with E-state index in [1.54, 1.807) is 19.1 Å². The predicted octanol–water partition coefficient (Wildman–Crippen LogP) is -0.459. The van der Waals surface area contributed by atoms with Gasteiger partial charge < -0.3 is 19.6 Å². The van der Waals surface area contributed by atoms with E-state index in [0.29, 0.717) is 26.2 Å². The highest BCUT2D eigenvalue weighted by molar-refractivity contribution is 5.97. The number of aliphatic hydroxyl groups is 1. The first kappa shape index (κ1) is 16.7. The number of likely N-dealkylation sites (N-methyl/N-ethyl adjacent to an activating group) is 1. The van der Waals surface area contributed by atoms with Gasteiger partial charge in [0, 0.05) is 33.2 Å². The van der Waals surface area contributed by atoms with Crippen LogP contribution in [0.3, 0.4) is 0 Å². The maximum atomic E-state index is 12.5. The number of benzene rings is 1. The number of nitrogens with zero attached hydrogens (tertiary/aromatic N) is 3. The first-order valence-corrected chi connectivity index (χ1v) is 8.08. The molecule has 2 atom stereocenters. The summed E-state index contributed by atoms with van der Waals surface area (Å²) in [7, 11) is 3.22. The lowest BCUT2D eigenvalue weighted by Gasteiger charge is -2.48. The topological polar surface area (TPSA) is 73.3 Å². The zero-order valence-electron chi connectivity index (χ0n) is 14.0. The van der Waals surface area contributed by atoms with Crippen molar-refractivity contribution in [1.29, 1.82) is 0 Å². The second-order valence-electron chi connectivity index (χ2n) is 6.28. The minimum Gasteiger partial charge on any atom is -0.497 e. The third-order valence-corrected chi connectivity index (χ3v) is 4.85. The molecule has 7 heteroatoms. The molecule has 2 heterocycles. The molecule has 0 saturated carbocycles. The van der Waals surface area contributed by atoms with Gasteiger partial charge in [0.1, 0.15) is 17.8 Å². The van der Waals surface area contributed by atoms with Crippen LogP contribution in [-0.2, 0) is 16.1 Å². The van der Waals surface area contributed by atoms with Crippen LogP contribution in [0, 0.1) is 0 Å². The highest BCUT2D eigenvalue weighted by Gasteiger charge is 2.46. The number of carbonyl (C=O) groups excluding carboxylic acids is 2. The number of piperazine rings is 2. The van der Waals surface area contributed by atoms with E-state index in [-0.39, 0.29) is 18.4 Å². The second-order valence-corrected chi connectivity index (χ2v) is 6.28. The van der Waals surface area contributed by atoms with E-state index in [9.17, 15) is 14.7 Å². The monoisotopic (exact) mass is 333 g/mol. The standard InChI is InChI=1S/C17H23N3O4/c1-18-15(11-21)17(23)20-7-6-19(10-14(20)16(18)22)9-12-4-3-5-13(8-12)24-2/h3-5,8,14-15,21H,6-7,9-11H2,1-2H3/t14-,15+/m1/s1. The summed E-state index contributed by atoms with van der Waals surface area (Å²) >= 11 is 0. The number of hydrogen-bond donors (Lipinski definition) is 1. The Balaban J connectivity index is 1.71. The second kappa shape index (κ2) is 6.78. The summed E-state index contributed by atoms with van der Waals surface area (Å²) in [6.07, 6.45) is 0. The summed E-state index contributed by atoms with van der Waals surface area (Å²) in [4.78, 5) is 30.1. The Morgan fingerprint density at radius 3 is 2.75 bits per heavy atom. The molecule has 2 fully saturated rings. The molecule has 130 valence electrons. The zero-order valence-corrected chi connectivity index (χ0v) is 14.0. The van der Waals surface area contributed by atoms with Gasteiger partial charge in [-0.15, -0.1) is 0 Å². The minimum atomic E-state index is -0.751. The van der Waals surface area contributed by atoms with Crippen molar-refractivity contribution in [2.24, 2.45) is 0 Å². The lowest BCUT2D eigenvalue weighted by molar-refractivity contribution is -0.165. The molecular weight excluding hydrogens is 310 g/mol. The molecule has 2 amide bonds. The maximum absolute atomic E-state index is 12.5. The smallest absolute Gasteiger partial charge is 0.248 e. The van der Waals surface area contributed by atoms with E-state index in [1.165, 1.54) is 4.90 Å². The van der Waals surface area contributed by atoms with E-state index in [0.717, 1.165) is 11.3 Å². The van der Waals surface area contributed by atoms with E-state index in [1.807, 2.05) is 24.3 Å². The Morgan fingerprint density at radius 1 is 1.25 bits per heavy atom. The van der Waals surface area contributed by atoms with Crippen LogP contribution < -0.4 is 4.74 Å². The van der Waals surface area contributed by atoms with Crippen molar-refractivity contribution >= 4 is 11.8 Å². The van der Waals surface area contributed by atoms with E-state index in [2.05, 4.69) is 4.90 Å². The quantitative estimate of drug-likeness (QED) is 0.807. The number of aliphatic hydroxyl groups excluding tert-OH is 1. The van der Waals surface area contributed by atoms with Gasteiger partial charge in [-0.2, -0.15) is 0 Å². The molecule has 0 bridgehead atoms. The lowest BCUT2D eigenvalue weighted by Crippen LogP contribution is -2.69. The Bertz CT molecular complexity index is 636. The molecule has 1 aromatic rings.